The van der Waals surface area contributed by atoms with Crippen LogP contribution in [-0.2, 0) is 16.9 Å². The van der Waals surface area contributed by atoms with Crippen LogP contribution in [0.5, 0.6) is 5.75 Å². The van der Waals surface area contributed by atoms with E-state index in [1.807, 2.05) is 48.8 Å². The molecule has 2 fully saturated rings. The van der Waals surface area contributed by atoms with Crippen LogP contribution in [-0.4, -0.2) is 80.1 Å². The predicted molar refractivity (Wildman–Crippen MR) is 175 cm³/mol. The number of nitrogens with one attached hydrogen (secondary N) is 2. The first-order chi connectivity index (χ1) is 22.1. The van der Waals surface area contributed by atoms with Crippen molar-refractivity contribution in [3.05, 3.63) is 89.2 Å². The van der Waals surface area contributed by atoms with E-state index in [0.717, 1.165) is 64.8 Å². The van der Waals surface area contributed by atoms with Crippen LogP contribution >= 0.6 is 11.6 Å². The van der Waals surface area contributed by atoms with Crippen molar-refractivity contribution in [2.75, 3.05) is 13.2 Å². The van der Waals surface area contributed by atoms with Crippen molar-refractivity contribution < 1.29 is 35.1 Å². The molecule has 0 spiro atoms. The van der Waals surface area contributed by atoms with Gasteiger partial charge in [0.15, 0.2) is 6.10 Å². The minimum Gasteiger partial charge on any atom is -0.490 e. The van der Waals surface area contributed by atoms with Gasteiger partial charge in [0.2, 0.25) is 0 Å². The van der Waals surface area contributed by atoms with Gasteiger partial charge in [0.1, 0.15) is 24.1 Å². The van der Waals surface area contributed by atoms with Crippen LogP contribution in [0.2, 0.25) is 5.02 Å². The van der Waals surface area contributed by atoms with Crippen LogP contribution in [0.25, 0.3) is 16.7 Å². The van der Waals surface area contributed by atoms with Crippen molar-refractivity contribution in [2.24, 2.45) is 0 Å². The lowest BCUT2D eigenvalue weighted by Crippen LogP contribution is -2.51. The molecule has 246 valence electrons. The number of aliphatic hydroxyl groups is 5. The number of aromatic nitrogens is 1. The first-order valence-electron chi connectivity index (χ1n) is 15.7. The number of hydrogen-bond donors (Lipinski definition) is 7. The third-order valence-corrected chi connectivity index (χ3v) is 9.00. The second-order valence-corrected chi connectivity index (χ2v) is 12.6. The quantitative estimate of drug-likeness (QED) is 0.109. The summed E-state index contributed by atoms with van der Waals surface area (Å²) < 4.78 is 6.23. The van der Waals surface area contributed by atoms with E-state index in [4.69, 9.17) is 21.4 Å². The summed E-state index contributed by atoms with van der Waals surface area (Å²) in [6, 6.07) is 16.0. The number of nitrogens with zero attached hydrogens (tertiary/aromatic N) is 1. The molecule has 4 atom stereocenters. The molecule has 46 heavy (non-hydrogen) atoms. The standard InChI is InChI=1S/C35H42ClN3O7/c1-21(5-4-15-38-34(45)33(44)32(43)31(42)29(41)20-40)22-8-11-28(36)23(17-22)18-39-35(13-14-35)27-19-37-16-12-25(27)26-6-2-3-7-30(26)46-24-9-10-24/h2-3,6-8,11-12,16-17,19,24,29,31-33,39-44H,1,4-5,9-10,13-15,18,20H2,(H,38,45)/t29-,31+,32-,33-/m0/s1. The van der Waals surface area contributed by atoms with Gasteiger partial charge in [-0.1, -0.05) is 42.4 Å². The van der Waals surface area contributed by atoms with E-state index in [0.29, 0.717) is 30.5 Å². The summed E-state index contributed by atoms with van der Waals surface area (Å²) in [4.78, 5) is 16.7. The number of allylic oxidation sites excluding steroid dienone is 1. The maximum absolute atomic E-state index is 12.2. The van der Waals surface area contributed by atoms with E-state index in [2.05, 4.69) is 34.3 Å². The molecule has 2 aliphatic carbocycles. The maximum Gasteiger partial charge on any atom is 0.251 e. The summed E-state index contributed by atoms with van der Waals surface area (Å²) >= 11 is 6.63. The second-order valence-electron chi connectivity index (χ2n) is 12.2. The lowest BCUT2D eigenvalue weighted by Gasteiger charge is -2.24. The number of benzene rings is 2. The molecule has 0 unspecified atom stereocenters. The number of ether oxygens (including phenoxy) is 1. The smallest absolute Gasteiger partial charge is 0.251 e. The summed E-state index contributed by atoms with van der Waals surface area (Å²) in [6.07, 6.45) is 1.77. The molecule has 0 aliphatic heterocycles. The van der Waals surface area contributed by atoms with E-state index in [9.17, 15) is 25.2 Å². The van der Waals surface area contributed by atoms with Crippen LogP contribution < -0.4 is 15.4 Å². The molecule has 11 heteroatoms. The highest BCUT2D eigenvalue weighted by atomic mass is 35.5. The molecule has 0 saturated heterocycles. The minimum atomic E-state index is -1.96. The summed E-state index contributed by atoms with van der Waals surface area (Å²) in [5.41, 5.74) is 5.78. The number of aliphatic hydroxyl groups excluding tert-OH is 5. The van der Waals surface area contributed by atoms with E-state index < -0.39 is 36.9 Å². The van der Waals surface area contributed by atoms with Crippen LogP contribution in [0, 0.1) is 0 Å². The van der Waals surface area contributed by atoms with E-state index in [-0.39, 0.29) is 12.1 Å². The molecule has 1 aromatic heterocycles. The fraction of sp³-hybridized carbons (Fsp3) is 0.429. The Morgan fingerprint density at radius 3 is 2.54 bits per heavy atom. The largest absolute Gasteiger partial charge is 0.490 e. The van der Waals surface area contributed by atoms with Gasteiger partial charge in [-0.3, -0.25) is 9.78 Å². The third-order valence-electron chi connectivity index (χ3n) is 8.63. The molecule has 0 radical (unpaired) electrons. The van der Waals surface area contributed by atoms with Crippen molar-refractivity contribution in [3.63, 3.8) is 0 Å². The Hall–Kier alpha value is -3.35. The number of amides is 1. The monoisotopic (exact) mass is 651 g/mol. The van der Waals surface area contributed by atoms with Gasteiger partial charge in [-0.2, -0.15) is 0 Å². The van der Waals surface area contributed by atoms with Crippen LogP contribution in [0.1, 0.15) is 55.2 Å². The Bertz CT molecular complexity index is 1530. The van der Waals surface area contributed by atoms with E-state index in [1.54, 1.807) is 0 Å². The molecule has 2 aliphatic rings. The van der Waals surface area contributed by atoms with Crippen molar-refractivity contribution in [2.45, 2.75) is 81.1 Å². The number of halogens is 1. The molecule has 10 nitrogen and oxygen atoms in total. The third kappa shape index (κ3) is 8.13. The number of hydrogen-bond acceptors (Lipinski definition) is 9. The predicted octanol–water partition coefficient (Wildman–Crippen LogP) is 3.07. The van der Waals surface area contributed by atoms with Gasteiger partial charge < -0.3 is 40.9 Å². The second kappa shape index (κ2) is 15.0. The fourth-order valence-corrected chi connectivity index (χ4v) is 5.65. The average Bonchev–Trinajstić information content (AvgIpc) is 4.02. The van der Waals surface area contributed by atoms with Crippen molar-refractivity contribution in [1.82, 2.24) is 15.6 Å². The zero-order valence-electron chi connectivity index (χ0n) is 25.6. The molecule has 1 amide bonds. The Morgan fingerprint density at radius 1 is 1.07 bits per heavy atom. The summed E-state index contributed by atoms with van der Waals surface area (Å²) in [5, 5.41) is 54.8. The number of para-hydroxylation sites is 1. The van der Waals surface area contributed by atoms with Gasteiger partial charge in [-0.25, -0.2) is 0 Å². The Labute approximate surface area is 273 Å². The number of carbonyl (C=O) groups is 1. The zero-order chi connectivity index (χ0) is 32.8. The van der Waals surface area contributed by atoms with Crippen LogP contribution in [0.3, 0.4) is 0 Å². The highest BCUT2D eigenvalue weighted by molar-refractivity contribution is 6.31. The first-order valence-corrected chi connectivity index (χ1v) is 16.0. The highest BCUT2D eigenvalue weighted by Gasteiger charge is 2.46. The van der Waals surface area contributed by atoms with E-state index >= 15 is 0 Å². The van der Waals surface area contributed by atoms with Gasteiger partial charge >= 0.3 is 0 Å². The Balaban J connectivity index is 1.18. The van der Waals surface area contributed by atoms with Gasteiger partial charge in [0, 0.05) is 41.6 Å². The first kappa shape index (κ1) is 34.0. The van der Waals surface area contributed by atoms with Gasteiger partial charge in [0.25, 0.3) is 5.91 Å². The molecular formula is C35H42ClN3O7. The van der Waals surface area contributed by atoms with Crippen LogP contribution in [0.4, 0.5) is 0 Å². The molecular weight excluding hydrogens is 610 g/mol. The zero-order valence-corrected chi connectivity index (χ0v) is 26.4. The molecule has 3 aromatic rings. The Kier molecular flexibility index (Phi) is 11.1. The average molecular weight is 652 g/mol. The molecule has 2 aromatic carbocycles. The molecule has 5 rings (SSSR count). The summed E-state index contributed by atoms with van der Waals surface area (Å²) in [5.74, 6) is -0.000564. The van der Waals surface area contributed by atoms with Crippen molar-refractivity contribution in [3.8, 4) is 16.9 Å². The highest BCUT2D eigenvalue weighted by Crippen LogP contribution is 2.50. The summed E-state index contributed by atoms with van der Waals surface area (Å²) in [6.45, 7) is 4.11. The lowest BCUT2D eigenvalue weighted by molar-refractivity contribution is -0.148. The van der Waals surface area contributed by atoms with Gasteiger partial charge in [-0.05, 0) is 90.6 Å². The lowest BCUT2D eigenvalue weighted by atomic mass is 9.94. The molecule has 7 N–H and O–H groups in total. The fourth-order valence-electron chi connectivity index (χ4n) is 5.47. The minimum absolute atomic E-state index is 0.188. The number of carbonyl (C=O) groups excluding carboxylic acids is 1. The number of pyridine rings is 1. The Morgan fingerprint density at radius 2 is 1.83 bits per heavy atom. The summed E-state index contributed by atoms with van der Waals surface area (Å²) in [7, 11) is 0. The van der Waals surface area contributed by atoms with Crippen molar-refractivity contribution in [1.29, 1.82) is 0 Å². The molecule has 2 saturated carbocycles. The van der Waals surface area contributed by atoms with Crippen molar-refractivity contribution >= 4 is 23.1 Å². The molecule has 0 bridgehead atoms. The van der Waals surface area contributed by atoms with Gasteiger partial charge in [-0.15, -0.1) is 0 Å². The van der Waals surface area contributed by atoms with Gasteiger partial charge in [0.05, 0.1) is 12.7 Å². The SMILES string of the molecule is C=C(CCCNC(=O)[C@@H](O)[C@@H](O)[C@H](O)[C@@H](O)CO)c1ccc(Cl)c(CNC2(c3cnccc3-c3ccccc3OC3CC3)CC2)c1. The normalized spacial score (nSPS) is 17.9. The number of rotatable bonds is 17. The van der Waals surface area contributed by atoms with E-state index in [1.165, 1.54) is 0 Å². The maximum atomic E-state index is 12.2. The van der Waals surface area contributed by atoms with Crippen LogP contribution in [0.15, 0.2) is 67.5 Å². The molecule has 1 heterocycles. The topological polar surface area (TPSA) is 164 Å².